The van der Waals surface area contributed by atoms with Crippen LogP contribution in [-0.4, -0.2) is 48.5 Å². The monoisotopic (exact) mass is 446 g/mol. The molecule has 31 heavy (non-hydrogen) atoms. The molecule has 0 radical (unpaired) electrons. The fourth-order valence-electron chi connectivity index (χ4n) is 3.33. The van der Waals surface area contributed by atoms with E-state index in [-0.39, 0.29) is 12.2 Å². The number of pyridine rings is 1. The molecule has 2 aromatic rings. The van der Waals surface area contributed by atoms with Crippen LogP contribution in [0.1, 0.15) is 17.5 Å². The van der Waals surface area contributed by atoms with Crippen LogP contribution in [0.3, 0.4) is 0 Å². The molecule has 2 heterocycles. The molecule has 3 rings (SSSR count). The molecule has 0 unspecified atom stereocenters. The first-order valence-electron chi connectivity index (χ1n) is 9.50. The van der Waals surface area contributed by atoms with Gasteiger partial charge in [0.1, 0.15) is 5.82 Å². The van der Waals surface area contributed by atoms with Crippen molar-refractivity contribution in [2.75, 3.05) is 42.9 Å². The molecule has 1 aliphatic rings. The van der Waals surface area contributed by atoms with E-state index in [1.165, 1.54) is 24.3 Å². The number of hydrogen-bond acceptors (Lipinski definition) is 4. The van der Waals surface area contributed by atoms with Crippen LogP contribution in [0.4, 0.5) is 37.8 Å². The Kier molecular flexibility index (Phi) is 6.73. The fourth-order valence-corrected chi connectivity index (χ4v) is 3.33. The highest BCUT2D eigenvalue weighted by Crippen LogP contribution is 2.34. The Morgan fingerprint density at radius 1 is 0.935 bits per heavy atom. The second kappa shape index (κ2) is 9.13. The second-order valence-corrected chi connectivity index (χ2v) is 7.11. The lowest BCUT2D eigenvalue weighted by Crippen LogP contribution is -2.36. The summed E-state index contributed by atoms with van der Waals surface area (Å²) in [5, 5.41) is 2.31. The standard InChI is InChI=1S/C20H20F6N4O/c21-19(22,23)14-6-7-17(27-12-14)30-9-3-8-29(10-11-30)13-18(31)28-16-5-2-1-4-15(16)20(24,25)26/h1-2,4-7,12H,3,8-11,13H2,(H,28,31). The highest BCUT2D eigenvalue weighted by atomic mass is 19.4. The number of para-hydroxylation sites is 1. The zero-order chi connectivity index (χ0) is 22.6. The third-order valence-electron chi connectivity index (χ3n) is 4.86. The minimum Gasteiger partial charge on any atom is -0.355 e. The summed E-state index contributed by atoms with van der Waals surface area (Å²) >= 11 is 0. The van der Waals surface area contributed by atoms with Gasteiger partial charge in [-0.1, -0.05) is 12.1 Å². The Morgan fingerprint density at radius 3 is 2.32 bits per heavy atom. The van der Waals surface area contributed by atoms with Crippen LogP contribution in [-0.2, 0) is 17.1 Å². The number of benzene rings is 1. The SMILES string of the molecule is O=C(CN1CCCN(c2ccc(C(F)(F)F)cn2)CC1)Nc1ccccc1C(F)(F)F. The van der Waals surface area contributed by atoms with Gasteiger partial charge in [-0.05, 0) is 30.7 Å². The smallest absolute Gasteiger partial charge is 0.355 e. The summed E-state index contributed by atoms with van der Waals surface area (Å²) in [5.74, 6) is -0.170. The van der Waals surface area contributed by atoms with Crippen LogP contribution in [0.15, 0.2) is 42.6 Å². The normalized spacial score (nSPS) is 16.1. The number of nitrogens with zero attached hydrogens (tertiary/aromatic N) is 3. The summed E-state index contributed by atoms with van der Waals surface area (Å²) in [6.45, 7) is 1.79. The van der Waals surface area contributed by atoms with Crippen molar-refractivity contribution < 1.29 is 31.1 Å². The summed E-state index contributed by atoms with van der Waals surface area (Å²) < 4.78 is 77.3. The van der Waals surface area contributed by atoms with Gasteiger partial charge in [-0.25, -0.2) is 4.98 Å². The van der Waals surface area contributed by atoms with Gasteiger partial charge in [-0.2, -0.15) is 26.3 Å². The van der Waals surface area contributed by atoms with Crippen molar-refractivity contribution in [2.24, 2.45) is 0 Å². The van der Waals surface area contributed by atoms with Crippen LogP contribution in [0.25, 0.3) is 0 Å². The van der Waals surface area contributed by atoms with E-state index in [1.54, 1.807) is 4.90 Å². The van der Waals surface area contributed by atoms with Gasteiger partial charge in [0.2, 0.25) is 5.91 Å². The molecule has 1 aromatic carbocycles. The van der Waals surface area contributed by atoms with Crippen LogP contribution in [0, 0.1) is 0 Å². The second-order valence-electron chi connectivity index (χ2n) is 7.11. The molecule has 1 amide bonds. The number of anilines is 2. The van der Waals surface area contributed by atoms with Gasteiger partial charge in [0.15, 0.2) is 0 Å². The number of aromatic nitrogens is 1. The van der Waals surface area contributed by atoms with Gasteiger partial charge < -0.3 is 10.2 Å². The molecule has 0 aliphatic carbocycles. The molecular formula is C20H20F6N4O. The molecule has 1 aromatic heterocycles. The first-order chi connectivity index (χ1) is 14.5. The molecule has 1 N–H and O–H groups in total. The number of carbonyl (C=O) groups is 1. The Balaban J connectivity index is 1.57. The molecule has 168 valence electrons. The highest BCUT2D eigenvalue weighted by Gasteiger charge is 2.34. The molecular weight excluding hydrogens is 426 g/mol. The number of amides is 1. The van der Waals surface area contributed by atoms with Gasteiger partial charge in [-0.15, -0.1) is 0 Å². The highest BCUT2D eigenvalue weighted by molar-refractivity contribution is 5.93. The van der Waals surface area contributed by atoms with E-state index in [0.717, 1.165) is 18.3 Å². The van der Waals surface area contributed by atoms with Crippen LogP contribution in [0.5, 0.6) is 0 Å². The van der Waals surface area contributed by atoms with E-state index in [4.69, 9.17) is 0 Å². The van der Waals surface area contributed by atoms with Crippen molar-refractivity contribution in [2.45, 2.75) is 18.8 Å². The average Bonchev–Trinajstić information content (AvgIpc) is 2.92. The molecule has 0 spiro atoms. The van der Waals surface area contributed by atoms with Crippen LogP contribution < -0.4 is 10.2 Å². The Labute approximate surface area is 174 Å². The summed E-state index contributed by atoms with van der Waals surface area (Å²) in [6, 6.07) is 7.02. The first-order valence-corrected chi connectivity index (χ1v) is 9.50. The molecule has 5 nitrogen and oxygen atoms in total. The summed E-state index contributed by atoms with van der Waals surface area (Å²) in [6.07, 6.45) is -7.64. The summed E-state index contributed by atoms with van der Waals surface area (Å²) in [5.41, 5.74) is -2.05. The largest absolute Gasteiger partial charge is 0.418 e. The summed E-state index contributed by atoms with van der Waals surface area (Å²) in [7, 11) is 0. The zero-order valence-electron chi connectivity index (χ0n) is 16.3. The van der Waals surface area contributed by atoms with Gasteiger partial charge in [-0.3, -0.25) is 9.69 Å². The molecule has 1 aliphatic heterocycles. The van der Waals surface area contributed by atoms with Gasteiger partial charge in [0, 0.05) is 32.4 Å². The van der Waals surface area contributed by atoms with E-state index < -0.39 is 29.4 Å². The van der Waals surface area contributed by atoms with E-state index in [9.17, 15) is 31.1 Å². The molecule has 0 saturated carbocycles. The van der Waals surface area contributed by atoms with Crippen molar-refractivity contribution in [1.82, 2.24) is 9.88 Å². The van der Waals surface area contributed by atoms with E-state index in [0.29, 0.717) is 38.4 Å². The lowest BCUT2D eigenvalue weighted by molar-refractivity contribution is -0.138. The van der Waals surface area contributed by atoms with Crippen LogP contribution in [0.2, 0.25) is 0 Å². The Bertz CT molecular complexity index is 898. The molecule has 11 heteroatoms. The maximum Gasteiger partial charge on any atom is 0.418 e. The van der Waals surface area contributed by atoms with E-state index >= 15 is 0 Å². The minimum absolute atomic E-state index is 0.0968. The molecule has 1 fully saturated rings. The molecule has 1 saturated heterocycles. The van der Waals surface area contributed by atoms with E-state index in [2.05, 4.69) is 10.3 Å². The van der Waals surface area contributed by atoms with Crippen molar-refractivity contribution in [3.05, 3.63) is 53.7 Å². The quantitative estimate of drug-likeness (QED) is 0.713. The number of alkyl halides is 6. The molecule has 0 atom stereocenters. The van der Waals surface area contributed by atoms with Crippen LogP contribution >= 0.6 is 0 Å². The fraction of sp³-hybridized carbons (Fsp3) is 0.400. The van der Waals surface area contributed by atoms with Crippen molar-refractivity contribution in [3.8, 4) is 0 Å². The predicted molar refractivity (Wildman–Crippen MR) is 103 cm³/mol. The number of halogens is 6. The molecule has 0 bridgehead atoms. The van der Waals surface area contributed by atoms with Crippen molar-refractivity contribution in [1.29, 1.82) is 0 Å². The third-order valence-corrected chi connectivity index (χ3v) is 4.86. The lowest BCUT2D eigenvalue weighted by Gasteiger charge is -2.23. The van der Waals surface area contributed by atoms with Gasteiger partial charge >= 0.3 is 12.4 Å². The van der Waals surface area contributed by atoms with Gasteiger partial charge in [0.05, 0.1) is 23.4 Å². The van der Waals surface area contributed by atoms with Crippen molar-refractivity contribution in [3.63, 3.8) is 0 Å². The number of nitrogens with one attached hydrogen (secondary N) is 1. The number of carbonyl (C=O) groups excluding carboxylic acids is 1. The lowest BCUT2D eigenvalue weighted by atomic mass is 10.1. The predicted octanol–water partition coefficient (Wildman–Crippen LogP) is 4.27. The van der Waals surface area contributed by atoms with Gasteiger partial charge in [0.25, 0.3) is 0 Å². The summed E-state index contributed by atoms with van der Waals surface area (Å²) in [4.78, 5) is 19.8. The topological polar surface area (TPSA) is 48.5 Å². The third kappa shape index (κ3) is 6.09. The zero-order valence-corrected chi connectivity index (χ0v) is 16.3. The number of rotatable bonds is 4. The van der Waals surface area contributed by atoms with E-state index in [1.807, 2.05) is 4.90 Å². The Morgan fingerprint density at radius 2 is 1.68 bits per heavy atom. The maximum atomic E-state index is 13.1. The average molecular weight is 446 g/mol. The maximum absolute atomic E-state index is 13.1. The number of hydrogen-bond donors (Lipinski definition) is 1. The minimum atomic E-state index is -4.58. The Hall–Kier alpha value is -2.82. The van der Waals surface area contributed by atoms with Crippen molar-refractivity contribution >= 4 is 17.4 Å². The first kappa shape index (κ1) is 22.9.